The first-order valence-electron chi connectivity index (χ1n) is 8.29. The predicted octanol–water partition coefficient (Wildman–Crippen LogP) is 5.57. The van der Waals surface area contributed by atoms with Gasteiger partial charge in [-0.25, -0.2) is 0 Å². The summed E-state index contributed by atoms with van der Waals surface area (Å²) in [6.45, 7) is 3.11. The van der Waals surface area contributed by atoms with Crippen LogP contribution in [-0.2, 0) is 0 Å². The number of rotatable bonds is 2. The van der Waals surface area contributed by atoms with Gasteiger partial charge in [0.1, 0.15) is 0 Å². The topological polar surface area (TPSA) is 12.4 Å². The lowest BCUT2D eigenvalue weighted by molar-refractivity contribution is 1.03. The molecule has 24 heavy (non-hydrogen) atoms. The number of hydrogen-bond donors (Lipinski definition) is 0. The summed E-state index contributed by atoms with van der Waals surface area (Å²) in [6.07, 6.45) is 4.36. The van der Waals surface area contributed by atoms with Crippen molar-refractivity contribution in [3.05, 3.63) is 88.2 Å². The molecule has 0 fully saturated rings. The van der Waals surface area contributed by atoms with Gasteiger partial charge in [-0.3, -0.25) is 4.99 Å². The van der Waals surface area contributed by atoms with Crippen LogP contribution in [0.4, 0.5) is 0 Å². The van der Waals surface area contributed by atoms with E-state index in [0.29, 0.717) is 0 Å². The van der Waals surface area contributed by atoms with Gasteiger partial charge in [-0.05, 0) is 35.3 Å². The fourth-order valence-corrected chi connectivity index (χ4v) is 4.28. The number of nitrogens with zero attached hydrogens (tertiary/aromatic N) is 1. The molecule has 1 heterocycles. The SMILES string of the molecule is CC1=Cc2ccccc2C(C2=NCCS2)C1=C=Cc1ccccc1. The lowest BCUT2D eigenvalue weighted by atomic mass is 9.80. The van der Waals surface area contributed by atoms with Crippen molar-refractivity contribution in [1.82, 2.24) is 0 Å². The van der Waals surface area contributed by atoms with Crippen LogP contribution < -0.4 is 0 Å². The quantitative estimate of drug-likeness (QED) is 0.656. The third kappa shape index (κ3) is 2.91. The van der Waals surface area contributed by atoms with E-state index < -0.39 is 0 Å². The number of thioether (sulfide) groups is 1. The Balaban J connectivity index is 1.87. The fourth-order valence-electron chi connectivity index (χ4n) is 3.29. The van der Waals surface area contributed by atoms with Gasteiger partial charge in [0.15, 0.2) is 0 Å². The molecule has 0 spiro atoms. The van der Waals surface area contributed by atoms with Crippen LogP contribution in [0.2, 0.25) is 0 Å². The summed E-state index contributed by atoms with van der Waals surface area (Å²) in [7, 11) is 0. The largest absolute Gasteiger partial charge is 0.281 e. The highest BCUT2D eigenvalue weighted by molar-refractivity contribution is 8.14. The minimum absolute atomic E-state index is 0.221. The first kappa shape index (κ1) is 15.3. The molecule has 0 amide bonds. The van der Waals surface area contributed by atoms with E-state index in [4.69, 9.17) is 4.99 Å². The minimum atomic E-state index is 0.221. The number of hydrogen-bond acceptors (Lipinski definition) is 2. The monoisotopic (exact) mass is 329 g/mol. The van der Waals surface area contributed by atoms with E-state index in [0.717, 1.165) is 12.3 Å². The zero-order valence-corrected chi connectivity index (χ0v) is 14.5. The Hall–Kier alpha value is -2.28. The molecular weight excluding hydrogens is 310 g/mol. The second kappa shape index (κ2) is 6.68. The van der Waals surface area contributed by atoms with Crippen LogP contribution in [0.3, 0.4) is 0 Å². The second-order valence-electron chi connectivity index (χ2n) is 6.07. The van der Waals surface area contributed by atoms with Gasteiger partial charge in [-0.1, -0.05) is 60.7 Å². The highest BCUT2D eigenvalue weighted by Crippen LogP contribution is 2.41. The minimum Gasteiger partial charge on any atom is -0.281 e. The van der Waals surface area contributed by atoms with Crippen LogP contribution in [-0.4, -0.2) is 17.3 Å². The molecule has 0 aromatic heterocycles. The molecule has 2 heteroatoms. The molecule has 1 aliphatic heterocycles. The predicted molar refractivity (Wildman–Crippen MR) is 106 cm³/mol. The van der Waals surface area contributed by atoms with E-state index in [1.54, 1.807) is 0 Å². The Morgan fingerprint density at radius 1 is 1.08 bits per heavy atom. The van der Waals surface area contributed by atoms with Gasteiger partial charge < -0.3 is 0 Å². The normalized spacial score (nSPS) is 19.2. The van der Waals surface area contributed by atoms with E-state index in [1.165, 1.54) is 32.9 Å². The molecule has 1 nitrogen and oxygen atoms in total. The average Bonchev–Trinajstić information content (AvgIpc) is 3.14. The average molecular weight is 329 g/mol. The van der Waals surface area contributed by atoms with Crippen LogP contribution in [0.25, 0.3) is 12.2 Å². The smallest absolute Gasteiger partial charge is 0.0802 e. The molecule has 2 aliphatic rings. The lowest BCUT2D eigenvalue weighted by Crippen LogP contribution is -2.16. The van der Waals surface area contributed by atoms with Gasteiger partial charge in [0, 0.05) is 17.9 Å². The molecule has 0 bridgehead atoms. The van der Waals surface area contributed by atoms with Crippen molar-refractivity contribution < 1.29 is 0 Å². The zero-order valence-electron chi connectivity index (χ0n) is 13.7. The van der Waals surface area contributed by atoms with Crippen LogP contribution in [0.5, 0.6) is 0 Å². The molecule has 1 aliphatic carbocycles. The molecule has 2 aromatic rings. The molecule has 0 radical (unpaired) electrons. The first-order valence-corrected chi connectivity index (χ1v) is 9.28. The highest BCUT2D eigenvalue weighted by atomic mass is 32.2. The van der Waals surface area contributed by atoms with Crippen molar-refractivity contribution >= 4 is 29.0 Å². The third-order valence-electron chi connectivity index (χ3n) is 4.44. The summed E-state index contributed by atoms with van der Waals surface area (Å²) in [5, 5.41) is 1.24. The molecule has 1 unspecified atom stereocenters. The van der Waals surface area contributed by atoms with Crippen molar-refractivity contribution in [3.63, 3.8) is 0 Å². The van der Waals surface area contributed by atoms with Crippen LogP contribution >= 0.6 is 11.8 Å². The Morgan fingerprint density at radius 2 is 1.88 bits per heavy atom. The highest BCUT2D eigenvalue weighted by Gasteiger charge is 2.30. The van der Waals surface area contributed by atoms with E-state index in [2.05, 4.69) is 73.3 Å². The van der Waals surface area contributed by atoms with Gasteiger partial charge in [0.05, 0.1) is 11.0 Å². The van der Waals surface area contributed by atoms with Crippen molar-refractivity contribution in [2.75, 3.05) is 12.3 Å². The summed E-state index contributed by atoms with van der Waals surface area (Å²) >= 11 is 1.89. The molecule has 118 valence electrons. The van der Waals surface area contributed by atoms with Crippen LogP contribution in [0.15, 0.2) is 76.5 Å². The van der Waals surface area contributed by atoms with Crippen LogP contribution in [0.1, 0.15) is 29.5 Å². The first-order chi connectivity index (χ1) is 11.8. The lowest BCUT2D eigenvalue weighted by Gasteiger charge is -2.26. The van der Waals surface area contributed by atoms with E-state index >= 15 is 0 Å². The molecule has 0 saturated heterocycles. The van der Waals surface area contributed by atoms with Gasteiger partial charge in [-0.2, -0.15) is 0 Å². The summed E-state index contributed by atoms with van der Waals surface area (Å²) < 4.78 is 0. The molecule has 0 saturated carbocycles. The number of fused-ring (bicyclic) bond motifs is 1. The Labute approximate surface area is 147 Å². The summed E-state index contributed by atoms with van der Waals surface area (Å²) in [4.78, 5) is 4.78. The summed E-state index contributed by atoms with van der Waals surface area (Å²) in [5.74, 6) is 1.31. The molecule has 4 rings (SSSR count). The Morgan fingerprint density at radius 3 is 2.67 bits per heavy atom. The van der Waals surface area contributed by atoms with Crippen molar-refractivity contribution in [1.29, 1.82) is 0 Å². The molecule has 0 N–H and O–H groups in total. The van der Waals surface area contributed by atoms with Gasteiger partial charge >= 0.3 is 0 Å². The standard InChI is InChI=1S/C22H19NS/c1-16-15-18-9-5-6-10-20(18)21(22-23-13-14-24-22)19(16)12-11-17-7-3-2-4-8-17/h2-11,15,21H,13-14H2,1H3. The number of allylic oxidation sites excluding steroid dienone is 2. The van der Waals surface area contributed by atoms with Gasteiger partial charge in [-0.15, -0.1) is 17.5 Å². The number of benzene rings is 2. The van der Waals surface area contributed by atoms with Gasteiger partial charge in [0.25, 0.3) is 0 Å². The molecule has 1 atom stereocenters. The Kier molecular flexibility index (Phi) is 4.25. The third-order valence-corrected chi connectivity index (χ3v) is 5.49. The Bertz CT molecular complexity index is 883. The van der Waals surface area contributed by atoms with Crippen molar-refractivity contribution in [3.8, 4) is 0 Å². The second-order valence-corrected chi connectivity index (χ2v) is 7.19. The van der Waals surface area contributed by atoms with E-state index in [9.17, 15) is 0 Å². The van der Waals surface area contributed by atoms with Gasteiger partial charge in [0.2, 0.25) is 0 Å². The maximum atomic E-state index is 4.78. The summed E-state index contributed by atoms with van der Waals surface area (Å²) in [5.41, 5.74) is 9.94. The maximum absolute atomic E-state index is 4.78. The summed E-state index contributed by atoms with van der Waals surface area (Å²) in [6, 6.07) is 19.0. The van der Waals surface area contributed by atoms with Crippen molar-refractivity contribution in [2.45, 2.75) is 12.8 Å². The molecule has 2 aromatic carbocycles. The number of aliphatic imine (C=N–C) groups is 1. The van der Waals surface area contributed by atoms with E-state index in [-0.39, 0.29) is 5.92 Å². The van der Waals surface area contributed by atoms with E-state index in [1.807, 2.05) is 17.8 Å². The van der Waals surface area contributed by atoms with Crippen molar-refractivity contribution in [2.24, 2.45) is 4.99 Å². The molecular formula is C22H19NS. The maximum Gasteiger partial charge on any atom is 0.0802 e. The van der Waals surface area contributed by atoms with Crippen LogP contribution in [0, 0.1) is 0 Å². The zero-order chi connectivity index (χ0) is 16.4. The fraction of sp³-hybridized carbons (Fsp3) is 0.182.